The number of furan rings is 1. The van der Waals surface area contributed by atoms with Crippen LogP contribution in [0.1, 0.15) is 22.9 Å². The minimum Gasteiger partial charge on any atom is -0.464 e. The van der Waals surface area contributed by atoms with E-state index in [-0.39, 0.29) is 0 Å². The smallest absolute Gasteiger partial charge is 0.125 e. The molecule has 0 spiro atoms. The molecule has 80 valence electrons. The van der Waals surface area contributed by atoms with Crippen molar-refractivity contribution in [2.45, 2.75) is 26.9 Å². The van der Waals surface area contributed by atoms with Gasteiger partial charge in [0.1, 0.15) is 18.1 Å². The predicted molar refractivity (Wildman–Crippen MR) is 55.2 cm³/mol. The number of rotatable bonds is 3. The van der Waals surface area contributed by atoms with E-state index in [4.69, 9.17) is 10.2 Å². The summed E-state index contributed by atoms with van der Waals surface area (Å²) in [4.78, 5) is 0. The van der Waals surface area contributed by atoms with Crippen molar-refractivity contribution in [2.75, 3.05) is 0 Å². The highest BCUT2D eigenvalue weighted by atomic mass is 16.3. The van der Waals surface area contributed by atoms with Crippen molar-refractivity contribution in [3.63, 3.8) is 0 Å². The molecule has 0 atom stereocenters. The maximum atomic E-state index is 5.52. The Morgan fingerprint density at radius 1 is 1.40 bits per heavy atom. The minimum atomic E-state index is 0.420. The molecule has 2 N–H and O–H groups in total. The number of hydrogen-bond acceptors (Lipinski definition) is 4. The molecule has 5 nitrogen and oxygen atoms in total. The van der Waals surface area contributed by atoms with Crippen LogP contribution < -0.4 is 5.73 Å². The molecular formula is C10H14N4O. The molecule has 15 heavy (non-hydrogen) atoms. The Morgan fingerprint density at radius 3 is 2.73 bits per heavy atom. The van der Waals surface area contributed by atoms with Crippen molar-refractivity contribution in [3.8, 4) is 0 Å². The number of aromatic nitrogens is 3. The summed E-state index contributed by atoms with van der Waals surface area (Å²) < 4.78 is 7.26. The van der Waals surface area contributed by atoms with E-state index >= 15 is 0 Å². The first kappa shape index (κ1) is 9.92. The van der Waals surface area contributed by atoms with Gasteiger partial charge in [-0.1, -0.05) is 5.21 Å². The maximum Gasteiger partial charge on any atom is 0.125 e. The van der Waals surface area contributed by atoms with Crippen LogP contribution in [-0.2, 0) is 13.1 Å². The summed E-state index contributed by atoms with van der Waals surface area (Å²) in [5, 5.41) is 8.00. The van der Waals surface area contributed by atoms with Crippen LogP contribution in [0.25, 0.3) is 0 Å². The van der Waals surface area contributed by atoms with Crippen LogP contribution in [-0.4, -0.2) is 15.0 Å². The Morgan fingerprint density at radius 2 is 2.20 bits per heavy atom. The Kier molecular flexibility index (Phi) is 2.55. The van der Waals surface area contributed by atoms with Crippen LogP contribution in [0.3, 0.4) is 0 Å². The van der Waals surface area contributed by atoms with E-state index in [0.29, 0.717) is 13.1 Å². The Hall–Kier alpha value is -1.62. The summed E-state index contributed by atoms with van der Waals surface area (Å²) in [5.74, 6) is 1.78. The van der Waals surface area contributed by atoms with Gasteiger partial charge in [-0.25, -0.2) is 4.68 Å². The van der Waals surface area contributed by atoms with Gasteiger partial charge in [-0.15, -0.1) is 5.10 Å². The fraction of sp³-hybridized carbons (Fsp3) is 0.400. The Balaban J connectivity index is 2.21. The SMILES string of the molecule is Cc1ccc(Cn2nnc(CN)c2C)o1. The molecule has 0 unspecified atom stereocenters. The largest absolute Gasteiger partial charge is 0.464 e. The lowest BCUT2D eigenvalue weighted by Crippen LogP contribution is -2.04. The topological polar surface area (TPSA) is 69.9 Å². The fourth-order valence-electron chi connectivity index (χ4n) is 1.45. The number of aryl methyl sites for hydroxylation is 1. The zero-order valence-electron chi connectivity index (χ0n) is 8.90. The molecule has 0 fully saturated rings. The summed E-state index contributed by atoms with van der Waals surface area (Å²) in [6.07, 6.45) is 0. The minimum absolute atomic E-state index is 0.420. The molecule has 2 aromatic heterocycles. The molecule has 0 saturated heterocycles. The second-order valence-electron chi connectivity index (χ2n) is 3.50. The van der Waals surface area contributed by atoms with Gasteiger partial charge >= 0.3 is 0 Å². The quantitative estimate of drug-likeness (QED) is 0.813. The third-order valence-corrected chi connectivity index (χ3v) is 2.37. The van der Waals surface area contributed by atoms with Crippen LogP contribution in [0, 0.1) is 13.8 Å². The van der Waals surface area contributed by atoms with Crippen molar-refractivity contribution in [1.82, 2.24) is 15.0 Å². The first-order chi connectivity index (χ1) is 7.20. The molecule has 0 aliphatic heterocycles. The Labute approximate surface area is 87.9 Å². The first-order valence-electron chi connectivity index (χ1n) is 4.85. The molecule has 2 rings (SSSR count). The van der Waals surface area contributed by atoms with Gasteiger partial charge < -0.3 is 10.2 Å². The van der Waals surface area contributed by atoms with Gasteiger partial charge in [0.05, 0.1) is 11.4 Å². The van der Waals surface area contributed by atoms with Crippen molar-refractivity contribution in [3.05, 3.63) is 35.0 Å². The molecule has 2 heterocycles. The third kappa shape index (κ3) is 1.92. The lowest BCUT2D eigenvalue weighted by atomic mass is 10.3. The number of nitrogens with two attached hydrogens (primary N) is 1. The van der Waals surface area contributed by atoms with Crippen molar-refractivity contribution in [1.29, 1.82) is 0 Å². The predicted octanol–water partition coefficient (Wildman–Crippen LogP) is 0.995. The van der Waals surface area contributed by atoms with E-state index in [0.717, 1.165) is 22.9 Å². The van der Waals surface area contributed by atoms with Crippen LogP contribution in [0.4, 0.5) is 0 Å². The Bertz CT molecular complexity index is 458. The zero-order chi connectivity index (χ0) is 10.8. The molecule has 0 amide bonds. The van der Waals surface area contributed by atoms with Gasteiger partial charge in [-0.2, -0.15) is 0 Å². The monoisotopic (exact) mass is 206 g/mol. The van der Waals surface area contributed by atoms with E-state index in [2.05, 4.69) is 10.3 Å². The van der Waals surface area contributed by atoms with E-state index in [1.165, 1.54) is 0 Å². The van der Waals surface area contributed by atoms with Crippen LogP contribution in [0.5, 0.6) is 0 Å². The summed E-state index contributed by atoms with van der Waals surface area (Å²) in [6, 6.07) is 3.88. The average molecular weight is 206 g/mol. The molecular weight excluding hydrogens is 192 g/mol. The van der Waals surface area contributed by atoms with Crippen molar-refractivity contribution < 1.29 is 4.42 Å². The second kappa shape index (κ2) is 3.86. The van der Waals surface area contributed by atoms with Crippen LogP contribution >= 0.6 is 0 Å². The molecule has 0 radical (unpaired) electrons. The summed E-state index contributed by atoms with van der Waals surface area (Å²) >= 11 is 0. The van der Waals surface area contributed by atoms with E-state index in [1.54, 1.807) is 4.68 Å². The summed E-state index contributed by atoms with van der Waals surface area (Å²) in [6.45, 7) is 4.90. The number of nitrogens with zero attached hydrogens (tertiary/aromatic N) is 3. The first-order valence-corrected chi connectivity index (χ1v) is 4.85. The van der Waals surface area contributed by atoms with Gasteiger partial charge in [0.25, 0.3) is 0 Å². The van der Waals surface area contributed by atoms with E-state index in [9.17, 15) is 0 Å². The fourth-order valence-corrected chi connectivity index (χ4v) is 1.45. The van der Waals surface area contributed by atoms with Gasteiger partial charge in [0.2, 0.25) is 0 Å². The molecule has 5 heteroatoms. The van der Waals surface area contributed by atoms with Gasteiger partial charge in [-0.3, -0.25) is 0 Å². The van der Waals surface area contributed by atoms with E-state index < -0.39 is 0 Å². The molecule has 2 aromatic rings. The maximum absolute atomic E-state index is 5.52. The second-order valence-corrected chi connectivity index (χ2v) is 3.50. The highest BCUT2D eigenvalue weighted by Gasteiger charge is 2.08. The standard InChI is InChI=1S/C10H14N4O/c1-7-3-4-9(15-7)6-14-8(2)10(5-11)12-13-14/h3-4H,5-6,11H2,1-2H3. The molecule has 0 bridgehead atoms. The van der Waals surface area contributed by atoms with Crippen molar-refractivity contribution >= 4 is 0 Å². The van der Waals surface area contributed by atoms with Crippen LogP contribution in [0.2, 0.25) is 0 Å². The lowest BCUT2D eigenvalue weighted by molar-refractivity contribution is 0.452. The van der Waals surface area contributed by atoms with Gasteiger partial charge in [0, 0.05) is 6.54 Å². The highest BCUT2D eigenvalue weighted by Crippen LogP contribution is 2.10. The summed E-state index contributed by atoms with van der Waals surface area (Å²) in [7, 11) is 0. The zero-order valence-corrected chi connectivity index (χ0v) is 8.90. The van der Waals surface area contributed by atoms with Crippen LogP contribution in [0.15, 0.2) is 16.5 Å². The van der Waals surface area contributed by atoms with Gasteiger partial charge in [-0.05, 0) is 26.0 Å². The van der Waals surface area contributed by atoms with Gasteiger partial charge in [0.15, 0.2) is 0 Å². The average Bonchev–Trinajstić information content (AvgIpc) is 2.76. The normalized spacial score (nSPS) is 10.9. The summed E-state index contributed by atoms with van der Waals surface area (Å²) in [5.41, 5.74) is 7.35. The molecule has 0 saturated carbocycles. The number of hydrogen-bond donors (Lipinski definition) is 1. The van der Waals surface area contributed by atoms with E-state index in [1.807, 2.05) is 26.0 Å². The van der Waals surface area contributed by atoms with Crippen molar-refractivity contribution in [2.24, 2.45) is 5.73 Å². The lowest BCUT2D eigenvalue weighted by Gasteiger charge is -2.00. The molecule has 0 aliphatic rings. The third-order valence-electron chi connectivity index (χ3n) is 2.37. The molecule has 0 aromatic carbocycles. The molecule has 0 aliphatic carbocycles. The highest BCUT2D eigenvalue weighted by molar-refractivity contribution is 5.10.